The normalized spacial score (nSPS) is 19.5. The van der Waals surface area contributed by atoms with Gasteiger partial charge >= 0.3 is 0 Å². The standard InChI is InChI=1S/C21H27IN2O/c1-25-20-11-5-9-18(13-20)14-21(22)23-19-10-6-12-24(16-19)15-17-7-3-2-4-8-17/h2-5,7-9,11,13,19,21,23H,6,10,12,14-16H2,1H3/t19-,21?/m1/s1. The average molecular weight is 450 g/mol. The van der Waals surface area contributed by atoms with Crippen molar-refractivity contribution in [3.63, 3.8) is 0 Å². The molecule has 1 N–H and O–H groups in total. The van der Waals surface area contributed by atoms with Crippen LogP contribution in [0.3, 0.4) is 0 Å². The molecule has 0 amide bonds. The highest BCUT2D eigenvalue weighted by Crippen LogP contribution is 2.18. The van der Waals surface area contributed by atoms with Crippen LogP contribution in [0.25, 0.3) is 0 Å². The maximum absolute atomic E-state index is 5.33. The fourth-order valence-electron chi connectivity index (χ4n) is 3.50. The number of nitrogens with zero attached hydrogens (tertiary/aromatic N) is 1. The number of ether oxygens (including phenoxy) is 1. The first-order chi connectivity index (χ1) is 12.2. The van der Waals surface area contributed by atoms with Crippen molar-refractivity contribution in [2.45, 2.75) is 35.9 Å². The first kappa shape index (κ1) is 18.7. The second kappa shape index (κ2) is 9.55. The molecule has 2 atom stereocenters. The molecular formula is C21H27IN2O. The van der Waals surface area contributed by atoms with Crippen molar-refractivity contribution in [3.05, 3.63) is 65.7 Å². The molecule has 0 radical (unpaired) electrons. The molecule has 1 unspecified atom stereocenters. The Kier molecular flexibility index (Phi) is 7.13. The van der Waals surface area contributed by atoms with Crippen LogP contribution in [0.5, 0.6) is 5.75 Å². The first-order valence-electron chi connectivity index (χ1n) is 9.02. The Balaban J connectivity index is 1.49. The van der Waals surface area contributed by atoms with E-state index >= 15 is 0 Å². The molecule has 3 rings (SSSR count). The molecule has 0 aromatic heterocycles. The molecule has 0 aliphatic carbocycles. The van der Waals surface area contributed by atoms with Gasteiger partial charge in [0.15, 0.2) is 0 Å². The summed E-state index contributed by atoms with van der Waals surface area (Å²) in [5.41, 5.74) is 2.73. The van der Waals surface area contributed by atoms with Gasteiger partial charge in [0.2, 0.25) is 0 Å². The molecule has 1 fully saturated rings. The minimum atomic E-state index is 0.436. The van der Waals surface area contributed by atoms with Crippen LogP contribution in [0, 0.1) is 0 Å². The fourth-order valence-corrected chi connectivity index (χ4v) is 4.51. The highest BCUT2D eigenvalue weighted by Gasteiger charge is 2.21. The fraction of sp³-hybridized carbons (Fsp3) is 0.429. The molecule has 0 bridgehead atoms. The number of hydrogen-bond acceptors (Lipinski definition) is 3. The molecule has 2 aromatic rings. The molecular weight excluding hydrogens is 423 g/mol. The third-order valence-corrected chi connectivity index (χ3v) is 5.52. The number of nitrogens with one attached hydrogen (secondary N) is 1. The maximum Gasteiger partial charge on any atom is 0.119 e. The number of rotatable bonds is 7. The predicted octanol–water partition coefficient (Wildman–Crippen LogP) is 4.25. The lowest BCUT2D eigenvalue weighted by Gasteiger charge is -2.34. The molecule has 0 spiro atoms. The van der Waals surface area contributed by atoms with Crippen LogP contribution in [-0.2, 0) is 13.0 Å². The van der Waals surface area contributed by atoms with Gasteiger partial charge in [-0.05, 0) is 49.1 Å². The van der Waals surface area contributed by atoms with Crippen LogP contribution in [0.2, 0.25) is 0 Å². The van der Waals surface area contributed by atoms with Crippen molar-refractivity contribution < 1.29 is 4.74 Å². The maximum atomic E-state index is 5.33. The molecule has 0 saturated carbocycles. The Morgan fingerprint density at radius 2 is 1.96 bits per heavy atom. The zero-order valence-corrected chi connectivity index (χ0v) is 17.0. The van der Waals surface area contributed by atoms with Gasteiger partial charge in [0.05, 0.1) is 11.2 Å². The summed E-state index contributed by atoms with van der Waals surface area (Å²) in [6, 6.07) is 19.7. The van der Waals surface area contributed by atoms with Gasteiger partial charge in [-0.3, -0.25) is 4.90 Å². The minimum absolute atomic E-state index is 0.436. The summed E-state index contributed by atoms with van der Waals surface area (Å²) in [6.45, 7) is 3.39. The van der Waals surface area contributed by atoms with Gasteiger partial charge in [-0.1, -0.05) is 65.1 Å². The monoisotopic (exact) mass is 450 g/mol. The summed E-state index contributed by atoms with van der Waals surface area (Å²) >= 11 is 2.53. The van der Waals surface area contributed by atoms with Crippen molar-refractivity contribution in [1.29, 1.82) is 0 Å². The van der Waals surface area contributed by atoms with E-state index in [4.69, 9.17) is 4.74 Å². The Morgan fingerprint density at radius 3 is 2.76 bits per heavy atom. The largest absolute Gasteiger partial charge is 0.497 e. The Bertz CT molecular complexity index is 649. The smallest absolute Gasteiger partial charge is 0.119 e. The number of likely N-dealkylation sites (tertiary alicyclic amines) is 1. The van der Waals surface area contributed by atoms with Crippen molar-refractivity contribution >= 4 is 22.6 Å². The van der Waals surface area contributed by atoms with Crippen molar-refractivity contribution in [2.75, 3.05) is 20.2 Å². The lowest BCUT2D eigenvalue weighted by atomic mass is 10.0. The number of piperidine rings is 1. The number of benzene rings is 2. The van der Waals surface area contributed by atoms with Crippen LogP contribution in [0.4, 0.5) is 0 Å². The lowest BCUT2D eigenvalue weighted by Crippen LogP contribution is -2.47. The third-order valence-electron chi connectivity index (χ3n) is 4.72. The van der Waals surface area contributed by atoms with Crippen molar-refractivity contribution in [3.8, 4) is 5.75 Å². The molecule has 2 aromatic carbocycles. The van der Waals surface area contributed by atoms with E-state index in [9.17, 15) is 0 Å². The van der Waals surface area contributed by atoms with E-state index in [1.54, 1.807) is 7.11 Å². The van der Waals surface area contributed by atoms with Gasteiger partial charge in [0.25, 0.3) is 0 Å². The van der Waals surface area contributed by atoms with E-state index in [0.29, 0.717) is 10.1 Å². The Morgan fingerprint density at radius 1 is 1.16 bits per heavy atom. The zero-order valence-electron chi connectivity index (χ0n) is 14.8. The van der Waals surface area contributed by atoms with Gasteiger partial charge in [-0.15, -0.1) is 0 Å². The highest BCUT2D eigenvalue weighted by atomic mass is 127. The molecule has 4 heteroatoms. The number of alkyl halides is 1. The van der Waals surface area contributed by atoms with E-state index in [1.165, 1.54) is 30.5 Å². The SMILES string of the molecule is COc1cccc(CC(I)N[C@@H]2CCCN(Cc3ccccc3)C2)c1. The van der Waals surface area contributed by atoms with E-state index in [2.05, 4.69) is 81.3 Å². The number of methoxy groups -OCH3 is 1. The van der Waals surface area contributed by atoms with Crippen LogP contribution in [0.1, 0.15) is 24.0 Å². The van der Waals surface area contributed by atoms with Crippen LogP contribution in [0.15, 0.2) is 54.6 Å². The Hall–Kier alpha value is -1.11. The van der Waals surface area contributed by atoms with Crippen LogP contribution < -0.4 is 10.1 Å². The van der Waals surface area contributed by atoms with Gasteiger partial charge in [0, 0.05) is 19.1 Å². The van der Waals surface area contributed by atoms with Gasteiger partial charge < -0.3 is 10.1 Å². The highest BCUT2D eigenvalue weighted by molar-refractivity contribution is 14.1. The molecule has 1 aliphatic heterocycles. The molecule has 1 saturated heterocycles. The molecule has 1 heterocycles. The molecule has 25 heavy (non-hydrogen) atoms. The van der Waals surface area contributed by atoms with Crippen molar-refractivity contribution in [1.82, 2.24) is 10.2 Å². The summed E-state index contributed by atoms with van der Waals surface area (Å²) in [6.07, 6.45) is 3.56. The second-order valence-electron chi connectivity index (χ2n) is 6.75. The molecule has 3 nitrogen and oxygen atoms in total. The average Bonchev–Trinajstić information content (AvgIpc) is 2.63. The summed E-state index contributed by atoms with van der Waals surface area (Å²) in [5.74, 6) is 0.938. The summed E-state index contributed by atoms with van der Waals surface area (Å²) in [5, 5.41) is 3.82. The van der Waals surface area contributed by atoms with Gasteiger partial charge in [0.1, 0.15) is 5.75 Å². The molecule has 134 valence electrons. The first-order valence-corrected chi connectivity index (χ1v) is 10.3. The predicted molar refractivity (Wildman–Crippen MR) is 112 cm³/mol. The van der Waals surface area contributed by atoms with Gasteiger partial charge in [-0.25, -0.2) is 0 Å². The summed E-state index contributed by atoms with van der Waals surface area (Å²) in [7, 11) is 1.72. The van der Waals surface area contributed by atoms with Crippen molar-refractivity contribution in [2.24, 2.45) is 0 Å². The van der Waals surface area contributed by atoms with Gasteiger partial charge in [-0.2, -0.15) is 0 Å². The topological polar surface area (TPSA) is 24.5 Å². The van der Waals surface area contributed by atoms with E-state index in [0.717, 1.165) is 25.3 Å². The van der Waals surface area contributed by atoms with Crippen LogP contribution >= 0.6 is 22.6 Å². The van der Waals surface area contributed by atoms with E-state index in [1.807, 2.05) is 6.07 Å². The quantitative estimate of drug-likeness (QED) is 0.388. The summed E-state index contributed by atoms with van der Waals surface area (Å²) in [4.78, 5) is 2.57. The number of halogens is 1. The van der Waals surface area contributed by atoms with E-state index in [-0.39, 0.29) is 0 Å². The summed E-state index contributed by atoms with van der Waals surface area (Å²) < 4.78 is 5.76. The van der Waals surface area contributed by atoms with E-state index < -0.39 is 0 Å². The number of hydrogen-bond donors (Lipinski definition) is 1. The molecule has 1 aliphatic rings. The zero-order chi connectivity index (χ0) is 17.5. The third kappa shape index (κ3) is 5.97. The lowest BCUT2D eigenvalue weighted by molar-refractivity contribution is 0.183. The Labute approximate surface area is 164 Å². The minimum Gasteiger partial charge on any atom is -0.497 e. The van der Waals surface area contributed by atoms with Crippen LogP contribution in [-0.4, -0.2) is 35.2 Å². The second-order valence-corrected chi connectivity index (χ2v) is 8.25.